The van der Waals surface area contributed by atoms with Gasteiger partial charge in [-0.05, 0) is 49.7 Å². The summed E-state index contributed by atoms with van der Waals surface area (Å²) in [5, 5.41) is 3.50. The van der Waals surface area contributed by atoms with Gasteiger partial charge in [0.15, 0.2) is 0 Å². The van der Waals surface area contributed by atoms with Gasteiger partial charge in [-0.1, -0.05) is 24.3 Å². The van der Waals surface area contributed by atoms with Gasteiger partial charge in [0.2, 0.25) is 0 Å². The Labute approximate surface area is 151 Å². The minimum Gasteiger partial charge on any atom is -0.497 e. The highest BCUT2D eigenvalue weighted by Gasteiger charge is 2.05. The molecule has 0 aliphatic rings. The van der Waals surface area contributed by atoms with Gasteiger partial charge in [-0.2, -0.15) is 0 Å². The van der Waals surface area contributed by atoms with Gasteiger partial charge in [0, 0.05) is 31.7 Å². The standard InChI is InChI=1S/C21H30N2O2/c1-16(2)23(3)15-18-8-6-7-17(9-18)13-22-14-19-10-20(24-4)12-21(11-19)25-5/h6-12,16,22H,13-15H2,1-5H3. The minimum absolute atomic E-state index is 0.546. The van der Waals surface area contributed by atoms with Crippen LogP contribution in [0.1, 0.15) is 30.5 Å². The topological polar surface area (TPSA) is 33.7 Å². The lowest BCUT2D eigenvalue weighted by Crippen LogP contribution is -2.25. The quantitative estimate of drug-likeness (QED) is 0.751. The van der Waals surface area contributed by atoms with E-state index in [1.54, 1.807) is 14.2 Å². The summed E-state index contributed by atoms with van der Waals surface area (Å²) < 4.78 is 10.6. The molecule has 4 heteroatoms. The summed E-state index contributed by atoms with van der Waals surface area (Å²) in [6, 6.07) is 15.3. The number of methoxy groups -OCH3 is 2. The molecule has 0 aliphatic heterocycles. The SMILES string of the molecule is COc1cc(CNCc2cccc(CN(C)C(C)C)c2)cc(OC)c1. The van der Waals surface area contributed by atoms with Crippen LogP contribution in [0.2, 0.25) is 0 Å². The van der Waals surface area contributed by atoms with Crippen LogP contribution >= 0.6 is 0 Å². The lowest BCUT2D eigenvalue weighted by atomic mass is 10.1. The molecule has 0 atom stereocenters. The predicted molar refractivity (Wildman–Crippen MR) is 103 cm³/mol. The first kappa shape index (κ1) is 19.3. The number of nitrogens with one attached hydrogen (secondary N) is 1. The average molecular weight is 342 g/mol. The Bertz CT molecular complexity index is 648. The Morgan fingerprint density at radius 1 is 0.880 bits per heavy atom. The van der Waals surface area contributed by atoms with Crippen LogP contribution in [0.4, 0.5) is 0 Å². The van der Waals surface area contributed by atoms with Gasteiger partial charge in [-0.3, -0.25) is 4.90 Å². The van der Waals surface area contributed by atoms with E-state index in [0.717, 1.165) is 36.7 Å². The molecule has 0 aliphatic carbocycles. The summed E-state index contributed by atoms with van der Waals surface area (Å²) in [5.41, 5.74) is 3.79. The molecule has 4 nitrogen and oxygen atoms in total. The Balaban J connectivity index is 1.93. The van der Waals surface area contributed by atoms with Gasteiger partial charge >= 0.3 is 0 Å². The van der Waals surface area contributed by atoms with Crippen molar-refractivity contribution >= 4 is 0 Å². The second kappa shape index (κ2) is 9.44. The molecule has 2 rings (SSSR count). The zero-order valence-corrected chi connectivity index (χ0v) is 16.0. The highest BCUT2D eigenvalue weighted by Crippen LogP contribution is 2.22. The first-order chi connectivity index (χ1) is 12.0. The fourth-order valence-electron chi connectivity index (χ4n) is 2.63. The molecule has 0 spiro atoms. The fourth-order valence-corrected chi connectivity index (χ4v) is 2.63. The number of nitrogens with zero attached hydrogens (tertiary/aromatic N) is 1. The third kappa shape index (κ3) is 6.07. The van der Waals surface area contributed by atoms with E-state index in [9.17, 15) is 0 Å². The minimum atomic E-state index is 0.546. The molecule has 2 aromatic rings. The van der Waals surface area contributed by atoms with Gasteiger partial charge in [0.1, 0.15) is 11.5 Å². The molecule has 1 N–H and O–H groups in total. The van der Waals surface area contributed by atoms with Crippen molar-refractivity contribution in [2.75, 3.05) is 21.3 Å². The van der Waals surface area contributed by atoms with Gasteiger partial charge in [0.05, 0.1) is 14.2 Å². The molecule has 0 amide bonds. The third-order valence-corrected chi connectivity index (χ3v) is 4.37. The van der Waals surface area contributed by atoms with E-state index in [4.69, 9.17) is 9.47 Å². The Kier molecular flexibility index (Phi) is 7.29. The summed E-state index contributed by atoms with van der Waals surface area (Å²) >= 11 is 0. The van der Waals surface area contributed by atoms with Crippen molar-refractivity contribution in [1.29, 1.82) is 0 Å². The molecule has 0 unspecified atom stereocenters. The van der Waals surface area contributed by atoms with Crippen LogP contribution in [-0.2, 0) is 19.6 Å². The van der Waals surface area contributed by atoms with E-state index in [0.29, 0.717) is 6.04 Å². The Morgan fingerprint density at radius 3 is 2.08 bits per heavy atom. The lowest BCUT2D eigenvalue weighted by Gasteiger charge is -2.21. The third-order valence-electron chi connectivity index (χ3n) is 4.37. The summed E-state index contributed by atoms with van der Waals surface area (Å²) in [6.07, 6.45) is 0. The van der Waals surface area contributed by atoms with Crippen LogP contribution in [0.5, 0.6) is 11.5 Å². The van der Waals surface area contributed by atoms with Crippen LogP contribution in [0.25, 0.3) is 0 Å². The summed E-state index contributed by atoms with van der Waals surface area (Å²) in [7, 11) is 5.50. The Morgan fingerprint density at radius 2 is 1.48 bits per heavy atom. The first-order valence-corrected chi connectivity index (χ1v) is 8.72. The summed E-state index contributed by atoms with van der Waals surface area (Å²) in [5.74, 6) is 1.63. The van der Waals surface area contributed by atoms with Crippen LogP contribution in [0, 0.1) is 0 Å². The molecular weight excluding hydrogens is 312 g/mol. The maximum atomic E-state index is 5.32. The first-order valence-electron chi connectivity index (χ1n) is 8.72. The molecule has 0 saturated heterocycles. The molecule has 0 fully saturated rings. The maximum Gasteiger partial charge on any atom is 0.122 e. The van der Waals surface area contributed by atoms with E-state index in [1.165, 1.54) is 11.1 Å². The van der Waals surface area contributed by atoms with E-state index in [-0.39, 0.29) is 0 Å². The molecular formula is C21H30N2O2. The van der Waals surface area contributed by atoms with E-state index < -0.39 is 0 Å². The average Bonchev–Trinajstić information content (AvgIpc) is 2.61. The highest BCUT2D eigenvalue weighted by molar-refractivity contribution is 5.38. The van der Waals surface area contributed by atoms with Gasteiger partial charge in [0.25, 0.3) is 0 Å². The number of benzene rings is 2. The molecule has 0 bridgehead atoms. The monoisotopic (exact) mass is 342 g/mol. The van der Waals surface area contributed by atoms with Crippen LogP contribution in [0.15, 0.2) is 42.5 Å². The predicted octanol–water partition coefficient (Wildman–Crippen LogP) is 3.83. The molecule has 0 aromatic heterocycles. The number of hydrogen-bond donors (Lipinski definition) is 1. The van der Waals surface area contributed by atoms with Crippen molar-refractivity contribution in [3.05, 3.63) is 59.2 Å². The second-order valence-electron chi connectivity index (χ2n) is 6.65. The van der Waals surface area contributed by atoms with Crippen molar-refractivity contribution < 1.29 is 9.47 Å². The fraction of sp³-hybridized carbons (Fsp3) is 0.429. The zero-order chi connectivity index (χ0) is 18.2. The largest absolute Gasteiger partial charge is 0.497 e. The lowest BCUT2D eigenvalue weighted by molar-refractivity contribution is 0.266. The molecule has 0 saturated carbocycles. The second-order valence-corrected chi connectivity index (χ2v) is 6.65. The van der Waals surface area contributed by atoms with Gasteiger partial charge < -0.3 is 14.8 Å². The van der Waals surface area contributed by atoms with Crippen LogP contribution < -0.4 is 14.8 Å². The highest BCUT2D eigenvalue weighted by atomic mass is 16.5. The van der Waals surface area contributed by atoms with Crippen LogP contribution in [0.3, 0.4) is 0 Å². The van der Waals surface area contributed by atoms with Crippen LogP contribution in [-0.4, -0.2) is 32.2 Å². The normalized spacial score (nSPS) is 11.2. The number of hydrogen-bond acceptors (Lipinski definition) is 4. The number of rotatable bonds is 9. The molecule has 0 radical (unpaired) electrons. The number of ether oxygens (including phenoxy) is 2. The van der Waals surface area contributed by atoms with Crippen molar-refractivity contribution in [3.8, 4) is 11.5 Å². The van der Waals surface area contributed by atoms with Crippen molar-refractivity contribution in [1.82, 2.24) is 10.2 Å². The van der Waals surface area contributed by atoms with Crippen molar-refractivity contribution in [2.45, 2.75) is 39.5 Å². The Hall–Kier alpha value is -2.04. The van der Waals surface area contributed by atoms with Gasteiger partial charge in [-0.25, -0.2) is 0 Å². The van der Waals surface area contributed by atoms with E-state index in [1.807, 2.05) is 18.2 Å². The molecule has 0 heterocycles. The summed E-state index contributed by atoms with van der Waals surface area (Å²) in [6.45, 7) is 7.00. The maximum absolute atomic E-state index is 5.32. The van der Waals surface area contributed by atoms with Gasteiger partial charge in [-0.15, -0.1) is 0 Å². The smallest absolute Gasteiger partial charge is 0.122 e. The molecule has 2 aromatic carbocycles. The van der Waals surface area contributed by atoms with E-state index >= 15 is 0 Å². The van der Waals surface area contributed by atoms with Crippen molar-refractivity contribution in [3.63, 3.8) is 0 Å². The molecule has 136 valence electrons. The molecule has 25 heavy (non-hydrogen) atoms. The van der Waals surface area contributed by atoms with Crippen molar-refractivity contribution in [2.24, 2.45) is 0 Å². The summed E-state index contributed by atoms with van der Waals surface area (Å²) in [4.78, 5) is 2.34. The van der Waals surface area contributed by atoms with E-state index in [2.05, 4.69) is 55.4 Å². The zero-order valence-electron chi connectivity index (χ0n) is 16.0.